The number of benzene rings is 2. The van der Waals surface area contributed by atoms with Crippen LogP contribution in [-0.4, -0.2) is 24.1 Å². The van der Waals surface area contributed by atoms with Crippen molar-refractivity contribution in [3.05, 3.63) is 69.7 Å². The highest BCUT2D eigenvalue weighted by Gasteiger charge is 2.62. The maximum Gasteiger partial charge on any atom is 0.338 e. The molecular weight excluding hydrogens is 627 g/mol. The Labute approximate surface area is 292 Å². The van der Waals surface area contributed by atoms with Crippen LogP contribution in [0.15, 0.2) is 48.5 Å². The lowest BCUT2D eigenvalue weighted by Gasteiger charge is -2.62. The molecule has 0 radical (unpaired) electrons. The summed E-state index contributed by atoms with van der Waals surface area (Å²) in [7, 11) is 0. The first-order chi connectivity index (χ1) is 22.4. The molecule has 47 heavy (non-hydrogen) atoms. The van der Waals surface area contributed by atoms with Gasteiger partial charge in [-0.05, 0) is 152 Å². The highest BCUT2D eigenvalue weighted by molar-refractivity contribution is 6.31. The zero-order valence-electron chi connectivity index (χ0n) is 29.0. The predicted molar refractivity (Wildman–Crippen MR) is 190 cm³/mol. The molecule has 10 unspecified atom stereocenters. The fraction of sp³-hybridized carbons (Fsp3) is 0.659. The smallest absolute Gasteiger partial charge is 0.338 e. The van der Waals surface area contributed by atoms with Crippen LogP contribution in [0.5, 0.6) is 0 Å². The lowest BCUT2D eigenvalue weighted by atomic mass is 9.44. The first-order valence-electron chi connectivity index (χ1n) is 18.3. The number of hydrogen-bond donors (Lipinski definition) is 0. The fourth-order valence-corrected chi connectivity index (χ4v) is 11.3. The summed E-state index contributed by atoms with van der Waals surface area (Å²) in [6, 6.07) is 13.6. The standard InChI is InChI=1S/C41H54Cl2O4/c1-25(2)7-6-8-26(3)33-19-20-34-32-18-13-29-23-36(46-38(44)27-9-14-30(42)15-10-27)37(47-39(45)28-11-16-31(43)17-12-28)24-41(29,5)35(32)21-22-40(33,34)4/h9-12,14-17,25-26,29,32-37H,6-8,13,18-24H2,1-5H3. The molecule has 0 N–H and O–H groups in total. The number of rotatable bonds is 9. The Morgan fingerprint density at radius 2 is 1.32 bits per heavy atom. The van der Waals surface area contributed by atoms with Gasteiger partial charge in [-0.2, -0.15) is 0 Å². The van der Waals surface area contributed by atoms with E-state index >= 15 is 0 Å². The summed E-state index contributed by atoms with van der Waals surface area (Å²) >= 11 is 12.2. The summed E-state index contributed by atoms with van der Waals surface area (Å²) in [5.74, 6) is 4.10. The van der Waals surface area contributed by atoms with Crippen molar-refractivity contribution in [2.75, 3.05) is 0 Å². The van der Waals surface area contributed by atoms with E-state index in [-0.39, 0.29) is 5.41 Å². The summed E-state index contributed by atoms with van der Waals surface area (Å²) in [5.41, 5.74) is 1.36. The number of carbonyl (C=O) groups is 2. The predicted octanol–water partition coefficient (Wildman–Crippen LogP) is 11.5. The Balaban J connectivity index is 1.22. The topological polar surface area (TPSA) is 52.6 Å². The Morgan fingerprint density at radius 1 is 0.745 bits per heavy atom. The van der Waals surface area contributed by atoms with Gasteiger partial charge in [0, 0.05) is 10.0 Å². The molecule has 6 rings (SSSR count). The molecule has 0 aromatic heterocycles. The van der Waals surface area contributed by atoms with Gasteiger partial charge in [-0.1, -0.05) is 77.1 Å². The van der Waals surface area contributed by atoms with Crippen LogP contribution < -0.4 is 0 Å². The SMILES string of the molecule is CC(C)CCCC(C)C1CCC2C3CCC4CC(OC(=O)c5ccc(Cl)cc5)C(OC(=O)c5ccc(Cl)cc5)CC4(C)C3CCC12C. The molecule has 4 saturated carbocycles. The monoisotopic (exact) mass is 680 g/mol. The third-order valence-corrected chi connectivity index (χ3v) is 14.0. The van der Waals surface area contributed by atoms with Crippen molar-refractivity contribution in [2.45, 2.75) is 117 Å². The highest BCUT2D eigenvalue weighted by atomic mass is 35.5. The quantitative estimate of drug-likeness (QED) is 0.247. The zero-order valence-corrected chi connectivity index (χ0v) is 30.5. The van der Waals surface area contributed by atoms with Crippen LogP contribution in [0.1, 0.15) is 126 Å². The van der Waals surface area contributed by atoms with Gasteiger partial charge in [-0.15, -0.1) is 0 Å². The van der Waals surface area contributed by atoms with Gasteiger partial charge in [-0.3, -0.25) is 0 Å². The van der Waals surface area contributed by atoms with Crippen LogP contribution in [0.2, 0.25) is 10.0 Å². The van der Waals surface area contributed by atoms with Gasteiger partial charge < -0.3 is 9.47 Å². The van der Waals surface area contributed by atoms with Gasteiger partial charge in [0.2, 0.25) is 0 Å². The molecule has 4 fully saturated rings. The Bertz CT molecular complexity index is 1410. The second kappa shape index (κ2) is 14.1. The second-order valence-corrected chi connectivity index (χ2v) is 17.4. The number of halogens is 2. The number of esters is 2. The van der Waals surface area contributed by atoms with Crippen LogP contribution in [-0.2, 0) is 9.47 Å². The second-order valence-electron chi connectivity index (χ2n) is 16.5. The lowest BCUT2D eigenvalue weighted by molar-refractivity contribution is -0.163. The summed E-state index contributed by atoms with van der Waals surface area (Å²) in [6.45, 7) is 12.3. The third-order valence-electron chi connectivity index (χ3n) is 13.5. The molecule has 0 aliphatic heterocycles. The molecule has 0 saturated heterocycles. The van der Waals surface area contributed by atoms with Crippen LogP contribution in [0, 0.1) is 52.3 Å². The van der Waals surface area contributed by atoms with E-state index in [4.69, 9.17) is 32.7 Å². The molecule has 0 spiro atoms. The maximum absolute atomic E-state index is 13.5. The number of fused-ring (bicyclic) bond motifs is 5. The van der Waals surface area contributed by atoms with Crippen molar-refractivity contribution in [1.29, 1.82) is 0 Å². The molecule has 0 bridgehead atoms. The van der Waals surface area contributed by atoms with E-state index in [0.717, 1.165) is 42.9 Å². The van der Waals surface area contributed by atoms with Crippen molar-refractivity contribution in [3.63, 3.8) is 0 Å². The largest absolute Gasteiger partial charge is 0.455 e. The first-order valence-corrected chi connectivity index (χ1v) is 19.1. The Morgan fingerprint density at radius 3 is 1.91 bits per heavy atom. The normalized spacial score (nSPS) is 35.4. The minimum absolute atomic E-state index is 0.0271. The molecule has 256 valence electrons. The van der Waals surface area contributed by atoms with Crippen molar-refractivity contribution in [3.8, 4) is 0 Å². The van der Waals surface area contributed by atoms with E-state index in [9.17, 15) is 9.59 Å². The summed E-state index contributed by atoms with van der Waals surface area (Å²) in [4.78, 5) is 26.8. The highest BCUT2D eigenvalue weighted by Crippen LogP contribution is 2.68. The summed E-state index contributed by atoms with van der Waals surface area (Å²) in [5, 5.41) is 1.14. The lowest BCUT2D eigenvalue weighted by Crippen LogP contribution is -2.58. The van der Waals surface area contributed by atoms with E-state index in [0.29, 0.717) is 44.3 Å². The molecule has 6 heteroatoms. The number of ether oxygens (including phenoxy) is 2. The van der Waals surface area contributed by atoms with Gasteiger partial charge in [-0.25, -0.2) is 9.59 Å². The fourth-order valence-electron chi connectivity index (χ4n) is 11.1. The van der Waals surface area contributed by atoms with Crippen LogP contribution >= 0.6 is 23.2 Å². The molecule has 10 atom stereocenters. The molecule has 2 aromatic rings. The third kappa shape index (κ3) is 7.03. The van der Waals surface area contributed by atoms with E-state index in [1.165, 1.54) is 51.4 Å². The average molecular weight is 682 g/mol. The Kier molecular flexibility index (Phi) is 10.4. The van der Waals surface area contributed by atoms with Gasteiger partial charge in [0.05, 0.1) is 11.1 Å². The first kappa shape index (κ1) is 34.8. The van der Waals surface area contributed by atoms with Crippen molar-refractivity contribution < 1.29 is 19.1 Å². The minimum Gasteiger partial charge on any atom is -0.455 e. The summed E-state index contributed by atoms with van der Waals surface area (Å²) in [6.07, 6.45) is 12.1. The zero-order chi connectivity index (χ0) is 33.5. The van der Waals surface area contributed by atoms with Gasteiger partial charge in [0.25, 0.3) is 0 Å². The molecule has 0 heterocycles. The molecule has 2 aromatic carbocycles. The summed E-state index contributed by atoms with van der Waals surface area (Å²) < 4.78 is 12.5. The average Bonchev–Trinajstić information content (AvgIpc) is 3.39. The Hall–Kier alpha value is -2.04. The van der Waals surface area contributed by atoms with Crippen LogP contribution in [0.4, 0.5) is 0 Å². The van der Waals surface area contributed by atoms with Gasteiger partial charge >= 0.3 is 11.9 Å². The molecule has 4 nitrogen and oxygen atoms in total. The van der Waals surface area contributed by atoms with E-state index in [2.05, 4.69) is 34.6 Å². The van der Waals surface area contributed by atoms with Crippen LogP contribution in [0.25, 0.3) is 0 Å². The van der Waals surface area contributed by atoms with Gasteiger partial charge in [0.15, 0.2) is 0 Å². The van der Waals surface area contributed by atoms with Crippen LogP contribution in [0.3, 0.4) is 0 Å². The van der Waals surface area contributed by atoms with Gasteiger partial charge in [0.1, 0.15) is 12.2 Å². The molecule has 0 amide bonds. The number of carbonyl (C=O) groups excluding carboxylic acids is 2. The molecular formula is C41H54Cl2O4. The minimum atomic E-state index is -0.514. The van der Waals surface area contributed by atoms with Crippen molar-refractivity contribution in [2.24, 2.45) is 52.3 Å². The van der Waals surface area contributed by atoms with Crippen molar-refractivity contribution >= 4 is 35.1 Å². The van der Waals surface area contributed by atoms with E-state index < -0.39 is 24.1 Å². The number of hydrogen-bond acceptors (Lipinski definition) is 4. The maximum atomic E-state index is 13.5. The van der Waals surface area contributed by atoms with E-state index in [1.54, 1.807) is 48.5 Å². The van der Waals surface area contributed by atoms with Crippen molar-refractivity contribution in [1.82, 2.24) is 0 Å². The molecule has 4 aliphatic rings. The van der Waals surface area contributed by atoms with E-state index in [1.807, 2.05) is 0 Å². The molecule has 4 aliphatic carbocycles.